The molecule has 1 heterocycles. The molecule has 0 radical (unpaired) electrons. The molecule has 0 atom stereocenters. The Labute approximate surface area is 137 Å². The van der Waals surface area contributed by atoms with Gasteiger partial charge in [-0.2, -0.15) is 0 Å². The van der Waals surface area contributed by atoms with Crippen LogP contribution in [-0.2, 0) is 6.54 Å². The Morgan fingerprint density at radius 3 is 2.76 bits per heavy atom. The molecule has 2 aromatic rings. The molecule has 0 fully saturated rings. The number of hydrogen-bond donors (Lipinski definition) is 2. The minimum atomic E-state index is -0.181. The first kappa shape index (κ1) is 16.1. The topological polar surface area (TPSA) is 54.0 Å². The number of nitrogens with one attached hydrogen (secondary N) is 2. The Balaban J connectivity index is 2.09. The van der Waals surface area contributed by atoms with Crippen LogP contribution in [-0.4, -0.2) is 16.9 Å². The summed E-state index contributed by atoms with van der Waals surface area (Å²) in [5.41, 5.74) is 1.27. The third-order valence-electron chi connectivity index (χ3n) is 2.62. The first-order valence-electron chi connectivity index (χ1n) is 6.40. The smallest absolute Gasteiger partial charge is 0.253 e. The molecular weight excluding hydrogens is 329 g/mol. The van der Waals surface area contributed by atoms with Gasteiger partial charge in [0.05, 0.1) is 17.1 Å². The zero-order chi connectivity index (χ0) is 15.4. The number of carbonyl (C=O) groups excluding carboxylic acids is 1. The number of rotatable bonds is 5. The number of thiazole rings is 1. The van der Waals surface area contributed by atoms with Gasteiger partial charge in [-0.25, -0.2) is 4.98 Å². The van der Waals surface area contributed by atoms with Gasteiger partial charge in [0.1, 0.15) is 0 Å². The summed E-state index contributed by atoms with van der Waals surface area (Å²) in [6.45, 7) is 4.40. The molecule has 0 saturated heterocycles. The van der Waals surface area contributed by atoms with Gasteiger partial charge < -0.3 is 10.6 Å². The summed E-state index contributed by atoms with van der Waals surface area (Å²) < 4.78 is 0.514. The molecule has 0 aliphatic carbocycles. The molecule has 0 unspecified atom stereocenters. The maximum Gasteiger partial charge on any atom is 0.253 e. The highest BCUT2D eigenvalue weighted by Crippen LogP contribution is 2.23. The molecule has 0 aliphatic rings. The first-order chi connectivity index (χ1) is 9.95. The Hall–Kier alpha value is -1.30. The van der Waals surface area contributed by atoms with Crippen molar-refractivity contribution in [1.29, 1.82) is 0 Å². The predicted molar refractivity (Wildman–Crippen MR) is 88.5 cm³/mol. The molecule has 2 rings (SSSR count). The van der Waals surface area contributed by atoms with Gasteiger partial charge >= 0.3 is 0 Å². The van der Waals surface area contributed by atoms with Gasteiger partial charge in [-0.3, -0.25) is 4.79 Å². The quantitative estimate of drug-likeness (QED) is 0.855. The van der Waals surface area contributed by atoms with Crippen LogP contribution in [0.1, 0.15) is 29.1 Å². The lowest BCUT2D eigenvalue weighted by molar-refractivity contribution is 0.0943. The van der Waals surface area contributed by atoms with Crippen molar-refractivity contribution in [3.05, 3.63) is 44.3 Å². The van der Waals surface area contributed by atoms with Gasteiger partial charge in [0, 0.05) is 22.8 Å². The van der Waals surface area contributed by atoms with Crippen molar-refractivity contribution in [1.82, 2.24) is 10.3 Å². The maximum absolute atomic E-state index is 12.1. The van der Waals surface area contributed by atoms with E-state index in [-0.39, 0.29) is 11.9 Å². The van der Waals surface area contributed by atoms with Crippen molar-refractivity contribution in [3.8, 4) is 0 Å². The van der Waals surface area contributed by atoms with E-state index in [1.54, 1.807) is 18.3 Å². The van der Waals surface area contributed by atoms with Crippen LogP contribution in [0.25, 0.3) is 0 Å². The lowest BCUT2D eigenvalue weighted by atomic mass is 10.1. The van der Waals surface area contributed by atoms with E-state index in [9.17, 15) is 4.79 Å². The lowest BCUT2D eigenvalue weighted by Gasteiger charge is -2.11. The Morgan fingerprint density at radius 2 is 2.14 bits per heavy atom. The largest absolute Gasteiger partial charge is 0.380 e. The van der Waals surface area contributed by atoms with Gasteiger partial charge in [0.15, 0.2) is 4.47 Å². The maximum atomic E-state index is 12.1. The van der Waals surface area contributed by atoms with Crippen molar-refractivity contribution in [2.75, 3.05) is 5.32 Å². The zero-order valence-electron chi connectivity index (χ0n) is 11.6. The van der Waals surface area contributed by atoms with Crippen molar-refractivity contribution < 1.29 is 4.79 Å². The van der Waals surface area contributed by atoms with Gasteiger partial charge in [-0.05, 0) is 32.0 Å². The van der Waals surface area contributed by atoms with E-state index < -0.39 is 0 Å². The lowest BCUT2D eigenvalue weighted by Crippen LogP contribution is -2.30. The molecule has 0 aliphatic heterocycles. The zero-order valence-corrected chi connectivity index (χ0v) is 13.9. The molecule has 2 N–H and O–H groups in total. The standard InChI is InChI=1S/C14H15Cl2N3OS/c1-8(2)19-13(20)11-5-9(3-4-12(11)15)17-6-10-7-18-14(16)21-10/h3-5,7-8,17H,6H2,1-2H3,(H,19,20). The molecule has 1 aromatic carbocycles. The minimum absolute atomic E-state index is 0.0597. The number of carbonyl (C=O) groups is 1. The molecule has 0 saturated carbocycles. The van der Waals surface area contributed by atoms with Crippen LogP contribution in [0, 0.1) is 0 Å². The van der Waals surface area contributed by atoms with Gasteiger partial charge in [0.2, 0.25) is 0 Å². The first-order valence-corrected chi connectivity index (χ1v) is 7.97. The Morgan fingerprint density at radius 1 is 1.38 bits per heavy atom. The Kier molecular flexibility index (Phi) is 5.45. The highest BCUT2D eigenvalue weighted by Gasteiger charge is 2.12. The van der Waals surface area contributed by atoms with Crippen LogP contribution in [0.5, 0.6) is 0 Å². The van der Waals surface area contributed by atoms with E-state index in [1.807, 2.05) is 19.9 Å². The third-order valence-corrected chi connectivity index (χ3v) is 4.07. The average Bonchev–Trinajstić information content (AvgIpc) is 2.82. The van der Waals surface area contributed by atoms with E-state index in [1.165, 1.54) is 11.3 Å². The highest BCUT2D eigenvalue weighted by atomic mass is 35.5. The second-order valence-corrected chi connectivity index (χ2v) is 6.86. The number of aromatic nitrogens is 1. The van der Waals surface area contributed by atoms with Crippen LogP contribution < -0.4 is 10.6 Å². The SMILES string of the molecule is CC(C)NC(=O)c1cc(NCc2cnc(Cl)s2)ccc1Cl. The number of hydrogen-bond acceptors (Lipinski definition) is 4. The molecule has 0 spiro atoms. The fraction of sp³-hybridized carbons (Fsp3) is 0.286. The van der Waals surface area contributed by atoms with Gasteiger partial charge in [0.25, 0.3) is 5.91 Å². The molecule has 4 nitrogen and oxygen atoms in total. The molecule has 1 amide bonds. The number of anilines is 1. The Bertz CT molecular complexity index is 643. The van der Waals surface area contributed by atoms with E-state index >= 15 is 0 Å². The van der Waals surface area contributed by atoms with E-state index in [4.69, 9.17) is 23.2 Å². The summed E-state index contributed by atoms with van der Waals surface area (Å²) in [4.78, 5) is 17.1. The summed E-state index contributed by atoms with van der Waals surface area (Å²) >= 11 is 13.3. The minimum Gasteiger partial charge on any atom is -0.380 e. The molecule has 21 heavy (non-hydrogen) atoms. The van der Waals surface area contributed by atoms with Crippen LogP contribution in [0.2, 0.25) is 9.49 Å². The van der Waals surface area contributed by atoms with Crippen molar-refractivity contribution in [3.63, 3.8) is 0 Å². The second kappa shape index (κ2) is 7.11. The highest BCUT2D eigenvalue weighted by molar-refractivity contribution is 7.15. The normalized spacial score (nSPS) is 10.7. The summed E-state index contributed by atoms with van der Waals surface area (Å²) in [7, 11) is 0. The number of nitrogens with zero attached hydrogens (tertiary/aromatic N) is 1. The van der Waals surface area contributed by atoms with E-state index in [0.29, 0.717) is 21.6 Å². The summed E-state index contributed by atoms with van der Waals surface area (Å²) in [5.74, 6) is -0.181. The molecular formula is C14H15Cl2N3OS. The molecule has 1 aromatic heterocycles. The number of halogens is 2. The van der Waals surface area contributed by atoms with E-state index in [2.05, 4.69) is 15.6 Å². The molecule has 0 bridgehead atoms. The van der Waals surface area contributed by atoms with Gasteiger partial charge in [-0.15, -0.1) is 11.3 Å². The van der Waals surface area contributed by atoms with Crippen LogP contribution in [0.4, 0.5) is 5.69 Å². The van der Waals surface area contributed by atoms with Gasteiger partial charge in [-0.1, -0.05) is 23.2 Å². The fourth-order valence-corrected chi connectivity index (χ4v) is 2.82. The van der Waals surface area contributed by atoms with Crippen LogP contribution in [0.15, 0.2) is 24.4 Å². The summed E-state index contributed by atoms with van der Waals surface area (Å²) in [6, 6.07) is 5.34. The fourth-order valence-electron chi connectivity index (χ4n) is 1.70. The number of benzene rings is 1. The number of amides is 1. The van der Waals surface area contributed by atoms with Crippen molar-refractivity contribution >= 4 is 46.1 Å². The van der Waals surface area contributed by atoms with Crippen LogP contribution in [0.3, 0.4) is 0 Å². The second-order valence-electron chi connectivity index (χ2n) is 4.76. The molecule has 112 valence electrons. The third kappa shape index (κ3) is 4.59. The summed E-state index contributed by atoms with van der Waals surface area (Å²) in [6.07, 6.45) is 1.72. The predicted octanol–water partition coefficient (Wildman–Crippen LogP) is 4.20. The summed E-state index contributed by atoms with van der Waals surface area (Å²) in [5, 5.41) is 6.48. The van der Waals surface area contributed by atoms with Crippen LogP contribution >= 0.6 is 34.5 Å². The molecule has 7 heteroatoms. The van der Waals surface area contributed by atoms with Crippen molar-refractivity contribution in [2.45, 2.75) is 26.4 Å². The van der Waals surface area contributed by atoms with Crippen molar-refractivity contribution in [2.24, 2.45) is 0 Å². The van der Waals surface area contributed by atoms with E-state index in [0.717, 1.165) is 10.6 Å². The monoisotopic (exact) mass is 343 g/mol. The average molecular weight is 344 g/mol.